The lowest BCUT2D eigenvalue weighted by molar-refractivity contribution is -0.182. The van der Waals surface area contributed by atoms with E-state index in [0.29, 0.717) is 5.76 Å². The van der Waals surface area contributed by atoms with E-state index in [9.17, 15) is 13.2 Å². The van der Waals surface area contributed by atoms with Crippen LogP contribution in [0, 0.1) is 0 Å². The number of furan rings is 1. The average molecular weight is 264 g/mol. The van der Waals surface area contributed by atoms with Crippen molar-refractivity contribution in [2.24, 2.45) is 0 Å². The van der Waals surface area contributed by atoms with Crippen LogP contribution in [0.25, 0.3) is 6.08 Å². The monoisotopic (exact) mass is 264 g/mol. The molecule has 0 spiro atoms. The zero-order valence-electron chi connectivity index (χ0n) is 9.91. The fraction of sp³-hybridized carbons (Fsp3) is 0.455. The molecular weight excluding hydrogens is 249 g/mol. The van der Waals surface area contributed by atoms with Gasteiger partial charge in [-0.15, -0.1) is 0 Å². The number of alkyl halides is 3. The molecule has 0 radical (unpaired) electrons. The fourth-order valence-corrected chi connectivity index (χ4v) is 2.14. The molecule has 0 aliphatic rings. The molecule has 17 heavy (non-hydrogen) atoms. The third kappa shape index (κ3) is 5.23. The van der Waals surface area contributed by atoms with Gasteiger partial charge in [0.2, 0.25) is 0 Å². The maximum Gasteiger partial charge on any atom is 0.417 e. The van der Waals surface area contributed by atoms with Crippen molar-refractivity contribution in [1.29, 1.82) is 0 Å². The van der Waals surface area contributed by atoms with Crippen LogP contribution in [0.2, 0.25) is 19.6 Å². The summed E-state index contributed by atoms with van der Waals surface area (Å²) >= 11 is 0. The molecule has 1 atom stereocenters. The van der Waals surface area contributed by atoms with Crippen LogP contribution >= 0.6 is 0 Å². The Bertz CT molecular complexity index is 363. The van der Waals surface area contributed by atoms with Crippen LogP contribution in [0.15, 0.2) is 28.9 Å². The highest BCUT2D eigenvalue weighted by molar-refractivity contribution is 6.69. The quantitative estimate of drug-likeness (QED) is 0.765. The Morgan fingerprint density at radius 2 is 2.00 bits per heavy atom. The first-order chi connectivity index (χ1) is 7.68. The summed E-state index contributed by atoms with van der Waals surface area (Å²) in [6, 6.07) is 3.19. The van der Waals surface area contributed by atoms with E-state index in [2.05, 4.69) is 0 Å². The Morgan fingerprint density at radius 3 is 2.41 bits per heavy atom. The van der Waals surface area contributed by atoms with Gasteiger partial charge in [-0.1, -0.05) is 0 Å². The summed E-state index contributed by atoms with van der Waals surface area (Å²) < 4.78 is 48.1. The van der Waals surface area contributed by atoms with Crippen molar-refractivity contribution in [2.75, 3.05) is 0 Å². The molecule has 0 fully saturated rings. The molecule has 1 heterocycles. The van der Waals surface area contributed by atoms with E-state index in [-0.39, 0.29) is 0 Å². The van der Waals surface area contributed by atoms with E-state index in [1.807, 2.05) is 0 Å². The number of hydrogen-bond donors (Lipinski definition) is 0. The Morgan fingerprint density at radius 1 is 1.35 bits per heavy atom. The molecule has 0 aliphatic carbocycles. The second kappa shape index (κ2) is 5.10. The van der Waals surface area contributed by atoms with E-state index in [0.717, 1.165) is 6.08 Å². The van der Waals surface area contributed by atoms with E-state index >= 15 is 0 Å². The summed E-state index contributed by atoms with van der Waals surface area (Å²) in [7, 11) is -2.25. The molecule has 0 saturated heterocycles. The van der Waals surface area contributed by atoms with Crippen molar-refractivity contribution in [2.45, 2.75) is 31.9 Å². The van der Waals surface area contributed by atoms with E-state index in [1.54, 1.807) is 31.8 Å². The van der Waals surface area contributed by atoms with Gasteiger partial charge >= 0.3 is 6.18 Å². The molecule has 1 aromatic heterocycles. The lowest BCUT2D eigenvalue weighted by Gasteiger charge is -2.25. The highest BCUT2D eigenvalue weighted by Gasteiger charge is 2.41. The lowest BCUT2D eigenvalue weighted by Crippen LogP contribution is -2.39. The molecule has 1 rings (SSSR count). The third-order valence-corrected chi connectivity index (χ3v) is 2.74. The van der Waals surface area contributed by atoms with Crippen LogP contribution in [0.5, 0.6) is 0 Å². The molecule has 1 unspecified atom stereocenters. The molecule has 0 aromatic carbocycles. The average Bonchev–Trinajstić information content (AvgIpc) is 2.60. The van der Waals surface area contributed by atoms with Gasteiger partial charge in [-0.3, -0.25) is 0 Å². The van der Waals surface area contributed by atoms with Gasteiger partial charge in [0.25, 0.3) is 0 Å². The van der Waals surface area contributed by atoms with Crippen molar-refractivity contribution < 1.29 is 22.0 Å². The van der Waals surface area contributed by atoms with E-state index in [1.165, 1.54) is 12.3 Å². The SMILES string of the molecule is C[Si](C)(C)OC(/C=C/c1ccco1)C(F)(F)F. The van der Waals surface area contributed by atoms with Crippen molar-refractivity contribution in [1.82, 2.24) is 0 Å². The number of rotatable bonds is 4. The van der Waals surface area contributed by atoms with E-state index in [4.69, 9.17) is 8.84 Å². The van der Waals surface area contributed by atoms with Crippen LogP contribution in [-0.4, -0.2) is 20.6 Å². The molecule has 96 valence electrons. The van der Waals surface area contributed by atoms with Crippen LogP contribution in [-0.2, 0) is 4.43 Å². The topological polar surface area (TPSA) is 22.4 Å². The highest BCUT2D eigenvalue weighted by Crippen LogP contribution is 2.27. The Kier molecular flexibility index (Phi) is 4.21. The molecule has 0 amide bonds. The molecule has 0 bridgehead atoms. The van der Waals surface area contributed by atoms with Crippen LogP contribution in [0.4, 0.5) is 13.2 Å². The van der Waals surface area contributed by atoms with Gasteiger partial charge in [0, 0.05) is 0 Å². The zero-order chi connectivity index (χ0) is 13.1. The fourth-order valence-electron chi connectivity index (χ4n) is 1.16. The molecular formula is C11H15F3O2Si. The zero-order valence-corrected chi connectivity index (χ0v) is 10.9. The van der Waals surface area contributed by atoms with Gasteiger partial charge in [-0.25, -0.2) is 0 Å². The normalized spacial score (nSPS) is 15.4. The Labute approximate surface area is 99.2 Å². The third-order valence-electron chi connectivity index (χ3n) is 1.78. The Hall–Kier alpha value is -1.01. The molecule has 2 nitrogen and oxygen atoms in total. The lowest BCUT2D eigenvalue weighted by atomic mass is 10.3. The van der Waals surface area contributed by atoms with Crippen LogP contribution < -0.4 is 0 Å². The second-order valence-electron chi connectivity index (χ2n) is 4.57. The highest BCUT2D eigenvalue weighted by atomic mass is 28.4. The molecule has 0 N–H and O–H groups in total. The minimum atomic E-state index is -4.40. The largest absolute Gasteiger partial charge is 0.465 e. The predicted octanol–water partition coefficient (Wildman–Crippen LogP) is 4.08. The van der Waals surface area contributed by atoms with Crippen molar-refractivity contribution in [3.8, 4) is 0 Å². The summed E-state index contributed by atoms with van der Waals surface area (Å²) in [6.07, 6.45) is -2.61. The summed E-state index contributed by atoms with van der Waals surface area (Å²) in [4.78, 5) is 0. The van der Waals surface area contributed by atoms with Gasteiger partial charge in [0.1, 0.15) is 5.76 Å². The second-order valence-corrected chi connectivity index (χ2v) is 9.03. The summed E-state index contributed by atoms with van der Waals surface area (Å²) in [5.41, 5.74) is 0. The number of hydrogen-bond acceptors (Lipinski definition) is 2. The number of halogens is 3. The van der Waals surface area contributed by atoms with Crippen LogP contribution in [0.1, 0.15) is 5.76 Å². The smallest absolute Gasteiger partial charge is 0.417 e. The summed E-state index contributed by atoms with van der Waals surface area (Å²) in [5.74, 6) is 0.374. The van der Waals surface area contributed by atoms with Crippen LogP contribution in [0.3, 0.4) is 0 Å². The van der Waals surface area contributed by atoms with Crippen molar-refractivity contribution in [3.63, 3.8) is 0 Å². The molecule has 6 heteroatoms. The Balaban J connectivity index is 2.78. The maximum atomic E-state index is 12.7. The van der Waals surface area contributed by atoms with Gasteiger partial charge < -0.3 is 8.84 Å². The van der Waals surface area contributed by atoms with Crippen molar-refractivity contribution >= 4 is 14.4 Å². The molecule has 1 aromatic rings. The van der Waals surface area contributed by atoms with E-state index < -0.39 is 20.6 Å². The van der Waals surface area contributed by atoms with Gasteiger partial charge in [-0.05, 0) is 43.9 Å². The standard InChI is InChI=1S/C11H15F3O2Si/c1-17(2,3)16-10(11(12,13)14)7-6-9-5-4-8-15-9/h4-8,10H,1-3H3/b7-6+. The van der Waals surface area contributed by atoms with Crippen molar-refractivity contribution in [3.05, 3.63) is 30.2 Å². The van der Waals surface area contributed by atoms with Gasteiger partial charge in [-0.2, -0.15) is 13.2 Å². The van der Waals surface area contributed by atoms with Gasteiger partial charge in [0.15, 0.2) is 14.4 Å². The first-order valence-corrected chi connectivity index (χ1v) is 8.55. The first kappa shape index (κ1) is 14.0. The maximum absolute atomic E-state index is 12.7. The predicted molar refractivity (Wildman–Crippen MR) is 62.0 cm³/mol. The summed E-state index contributed by atoms with van der Waals surface area (Å²) in [5, 5.41) is 0. The minimum Gasteiger partial charge on any atom is -0.465 e. The molecule has 0 saturated carbocycles. The molecule has 0 aliphatic heterocycles. The minimum absolute atomic E-state index is 0.374. The van der Waals surface area contributed by atoms with Gasteiger partial charge in [0.05, 0.1) is 6.26 Å². The summed E-state index contributed by atoms with van der Waals surface area (Å²) in [6.45, 7) is 5.14. The first-order valence-electron chi connectivity index (χ1n) is 5.15.